The van der Waals surface area contributed by atoms with Gasteiger partial charge in [-0.2, -0.15) is 0 Å². The number of para-hydroxylation sites is 2. The topological polar surface area (TPSA) is 32.3 Å². The van der Waals surface area contributed by atoms with Crippen LogP contribution in [0.2, 0.25) is 0 Å². The van der Waals surface area contributed by atoms with Gasteiger partial charge < -0.3 is 10.2 Å². The lowest BCUT2D eigenvalue weighted by molar-refractivity contribution is 0.102. The van der Waals surface area contributed by atoms with Crippen LogP contribution in [0.5, 0.6) is 0 Å². The first-order chi connectivity index (χ1) is 13.7. The van der Waals surface area contributed by atoms with E-state index in [2.05, 4.69) is 59.6 Å². The van der Waals surface area contributed by atoms with E-state index in [1.54, 1.807) is 0 Å². The van der Waals surface area contributed by atoms with Gasteiger partial charge in [-0.25, -0.2) is 0 Å². The predicted octanol–water partition coefficient (Wildman–Crippen LogP) is 5.37. The molecule has 3 nitrogen and oxygen atoms in total. The van der Waals surface area contributed by atoms with Crippen LogP contribution >= 0.6 is 0 Å². The molecule has 0 fully saturated rings. The second-order valence-corrected chi connectivity index (χ2v) is 7.41. The molecule has 142 valence electrons. The Bertz CT molecular complexity index is 992. The maximum atomic E-state index is 12.7. The molecule has 1 aliphatic heterocycles. The van der Waals surface area contributed by atoms with E-state index in [-0.39, 0.29) is 5.91 Å². The minimum absolute atomic E-state index is 0.0536. The van der Waals surface area contributed by atoms with Crippen molar-refractivity contribution in [2.75, 3.05) is 16.8 Å². The molecule has 3 aromatic rings. The molecular weight excluding hydrogens is 344 g/mol. The zero-order valence-corrected chi connectivity index (χ0v) is 16.5. The number of anilines is 2. The van der Waals surface area contributed by atoms with Crippen molar-refractivity contribution in [2.24, 2.45) is 0 Å². The first-order valence-corrected chi connectivity index (χ1v) is 9.97. The molecule has 0 unspecified atom stereocenters. The van der Waals surface area contributed by atoms with Crippen molar-refractivity contribution in [1.29, 1.82) is 0 Å². The Morgan fingerprint density at radius 1 is 1.00 bits per heavy atom. The lowest BCUT2D eigenvalue weighted by atomic mass is 10.0. The number of fused-ring (bicyclic) bond motifs is 1. The van der Waals surface area contributed by atoms with E-state index in [9.17, 15) is 4.79 Å². The van der Waals surface area contributed by atoms with Gasteiger partial charge in [-0.3, -0.25) is 4.79 Å². The Morgan fingerprint density at radius 2 is 1.79 bits per heavy atom. The Labute approximate surface area is 167 Å². The van der Waals surface area contributed by atoms with Crippen molar-refractivity contribution in [1.82, 2.24) is 0 Å². The highest BCUT2D eigenvalue weighted by molar-refractivity contribution is 6.05. The first kappa shape index (κ1) is 18.3. The van der Waals surface area contributed by atoms with E-state index in [0.717, 1.165) is 42.7 Å². The quantitative estimate of drug-likeness (QED) is 0.655. The Morgan fingerprint density at radius 3 is 2.57 bits per heavy atom. The fourth-order valence-corrected chi connectivity index (χ4v) is 3.94. The summed E-state index contributed by atoms with van der Waals surface area (Å²) in [5, 5.41) is 3.10. The van der Waals surface area contributed by atoms with Gasteiger partial charge in [-0.05, 0) is 60.2 Å². The normalized spacial score (nSPS) is 12.7. The molecular formula is C25H26N2O. The summed E-state index contributed by atoms with van der Waals surface area (Å²) in [5.74, 6) is -0.0536. The van der Waals surface area contributed by atoms with Crippen LogP contribution in [-0.2, 0) is 19.4 Å². The summed E-state index contributed by atoms with van der Waals surface area (Å²) in [5.41, 5.74) is 7.86. The number of nitrogens with one attached hydrogen (secondary N) is 1. The van der Waals surface area contributed by atoms with Gasteiger partial charge in [0.25, 0.3) is 5.91 Å². The highest BCUT2D eigenvalue weighted by atomic mass is 16.1. The van der Waals surface area contributed by atoms with E-state index in [0.29, 0.717) is 5.56 Å². The largest absolute Gasteiger partial charge is 0.367 e. The molecule has 0 saturated carbocycles. The van der Waals surface area contributed by atoms with E-state index < -0.39 is 0 Å². The number of rotatable bonds is 5. The Balaban J connectivity index is 1.46. The molecule has 28 heavy (non-hydrogen) atoms. The first-order valence-electron chi connectivity index (χ1n) is 9.97. The molecule has 3 heteroatoms. The molecule has 4 rings (SSSR count). The smallest absolute Gasteiger partial charge is 0.255 e. The van der Waals surface area contributed by atoms with Gasteiger partial charge in [0.1, 0.15) is 0 Å². The van der Waals surface area contributed by atoms with Crippen molar-refractivity contribution in [3.63, 3.8) is 0 Å². The van der Waals surface area contributed by atoms with Crippen LogP contribution in [0, 0.1) is 6.92 Å². The van der Waals surface area contributed by atoms with Gasteiger partial charge in [-0.1, -0.05) is 55.5 Å². The molecule has 0 radical (unpaired) electrons. The van der Waals surface area contributed by atoms with Crippen molar-refractivity contribution >= 4 is 17.3 Å². The number of carbonyl (C=O) groups is 1. The molecule has 0 spiro atoms. The van der Waals surface area contributed by atoms with Crippen LogP contribution < -0.4 is 10.2 Å². The van der Waals surface area contributed by atoms with Crippen molar-refractivity contribution in [2.45, 2.75) is 33.2 Å². The SMILES string of the molecule is CCc1cccc(C)c1NC(=O)c1ccc(CN2CCc3ccccc32)cc1. The molecule has 3 aromatic carbocycles. The molecule has 1 amide bonds. The van der Waals surface area contributed by atoms with Crippen LogP contribution in [-0.4, -0.2) is 12.5 Å². The third-order valence-electron chi connectivity index (χ3n) is 5.55. The fraction of sp³-hybridized carbons (Fsp3) is 0.240. The maximum Gasteiger partial charge on any atom is 0.255 e. The zero-order chi connectivity index (χ0) is 19.5. The Kier molecular flexibility index (Phi) is 5.16. The lowest BCUT2D eigenvalue weighted by Gasteiger charge is -2.19. The average Bonchev–Trinajstić information content (AvgIpc) is 3.13. The summed E-state index contributed by atoms with van der Waals surface area (Å²) in [4.78, 5) is 15.1. The molecule has 1 N–H and O–H groups in total. The third-order valence-corrected chi connectivity index (χ3v) is 5.55. The van der Waals surface area contributed by atoms with Gasteiger partial charge >= 0.3 is 0 Å². The van der Waals surface area contributed by atoms with Crippen LogP contribution in [0.25, 0.3) is 0 Å². The van der Waals surface area contributed by atoms with Crippen LogP contribution in [0.3, 0.4) is 0 Å². The average molecular weight is 370 g/mol. The van der Waals surface area contributed by atoms with E-state index >= 15 is 0 Å². The van der Waals surface area contributed by atoms with Crippen molar-refractivity contribution in [3.05, 3.63) is 94.5 Å². The number of amides is 1. The molecule has 0 aromatic heterocycles. The zero-order valence-electron chi connectivity index (χ0n) is 16.5. The summed E-state index contributed by atoms with van der Waals surface area (Å²) in [6.07, 6.45) is 2.00. The van der Waals surface area contributed by atoms with E-state index in [1.165, 1.54) is 16.8 Å². The van der Waals surface area contributed by atoms with Crippen LogP contribution in [0.15, 0.2) is 66.7 Å². The molecule has 0 saturated heterocycles. The standard InChI is InChI=1S/C25H26N2O/c1-3-20-9-6-7-18(2)24(20)26-25(28)22-13-11-19(12-14-22)17-27-16-15-21-8-4-5-10-23(21)27/h4-14H,3,15-17H2,1-2H3,(H,26,28). The minimum Gasteiger partial charge on any atom is -0.367 e. The second kappa shape index (κ2) is 7.89. The maximum absolute atomic E-state index is 12.7. The minimum atomic E-state index is -0.0536. The summed E-state index contributed by atoms with van der Waals surface area (Å²) in [6.45, 7) is 6.06. The van der Waals surface area contributed by atoms with Gasteiger partial charge in [0, 0.05) is 30.0 Å². The van der Waals surface area contributed by atoms with Gasteiger partial charge in [0.15, 0.2) is 0 Å². The predicted molar refractivity (Wildman–Crippen MR) is 116 cm³/mol. The lowest BCUT2D eigenvalue weighted by Crippen LogP contribution is -2.19. The number of aryl methyl sites for hydroxylation is 2. The van der Waals surface area contributed by atoms with Gasteiger partial charge in [0.2, 0.25) is 0 Å². The monoisotopic (exact) mass is 370 g/mol. The summed E-state index contributed by atoms with van der Waals surface area (Å²) >= 11 is 0. The molecule has 1 aliphatic rings. The highest BCUT2D eigenvalue weighted by Gasteiger charge is 2.18. The number of benzene rings is 3. The number of carbonyl (C=O) groups excluding carboxylic acids is 1. The summed E-state index contributed by atoms with van der Waals surface area (Å²) < 4.78 is 0. The van der Waals surface area contributed by atoms with Gasteiger partial charge in [0.05, 0.1) is 0 Å². The number of nitrogens with zero attached hydrogens (tertiary/aromatic N) is 1. The molecule has 1 heterocycles. The van der Waals surface area contributed by atoms with Crippen LogP contribution in [0.4, 0.5) is 11.4 Å². The molecule has 0 atom stereocenters. The second-order valence-electron chi connectivity index (χ2n) is 7.41. The van der Waals surface area contributed by atoms with Crippen molar-refractivity contribution in [3.8, 4) is 0 Å². The Hall–Kier alpha value is -3.07. The fourth-order valence-electron chi connectivity index (χ4n) is 3.94. The molecule has 0 bridgehead atoms. The summed E-state index contributed by atoms with van der Waals surface area (Å²) in [6, 6.07) is 22.7. The molecule has 0 aliphatic carbocycles. The van der Waals surface area contributed by atoms with Gasteiger partial charge in [-0.15, -0.1) is 0 Å². The van der Waals surface area contributed by atoms with Crippen molar-refractivity contribution < 1.29 is 4.79 Å². The number of hydrogen-bond donors (Lipinski definition) is 1. The van der Waals surface area contributed by atoms with Crippen LogP contribution in [0.1, 0.15) is 39.5 Å². The summed E-state index contributed by atoms with van der Waals surface area (Å²) in [7, 11) is 0. The number of hydrogen-bond acceptors (Lipinski definition) is 2. The third kappa shape index (κ3) is 3.65. The van der Waals surface area contributed by atoms with E-state index in [4.69, 9.17) is 0 Å². The highest BCUT2D eigenvalue weighted by Crippen LogP contribution is 2.29. The van der Waals surface area contributed by atoms with E-state index in [1.807, 2.05) is 31.2 Å².